The lowest BCUT2D eigenvalue weighted by Crippen LogP contribution is -2.21. The Labute approximate surface area is 235 Å². The zero-order valence-electron chi connectivity index (χ0n) is 22.0. The van der Waals surface area contributed by atoms with Crippen molar-refractivity contribution in [3.05, 3.63) is 83.8 Å². The summed E-state index contributed by atoms with van der Waals surface area (Å²) in [5.74, 6) is -2.55. The van der Waals surface area contributed by atoms with E-state index >= 15 is 0 Å². The fourth-order valence-electron chi connectivity index (χ4n) is 4.48. The number of alkyl halides is 2. The molecule has 5 rings (SSSR count). The Bertz CT molecular complexity index is 1580. The van der Waals surface area contributed by atoms with E-state index in [2.05, 4.69) is 20.5 Å². The lowest BCUT2D eigenvalue weighted by atomic mass is 9.93. The van der Waals surface area contributed by atoms with Crippen LogP contribution in [-0.4, -0.2) is 42.6 Å². The highest BCUT2D eigenvalue weighted by molar-refractivity contribution is 7.93. The first-order valence-electron chi connectivity index (χ1n) is 12.9. The highest BCUT2D eigenvalue weighted by Crippen LogP contribution is 2.35. The molecule has 2 aromatic carbocycles. The largest absolute Gasteiger partial charge is 0.484 e. The molecule has 0 saturated carbocycles. The number of ether oxygens (including phenoxy) is 2. The maximum absolute atomic E-state index is 13.4. The molecule has 41 heavy (non-hydrogen) atoms. The number of pyridine rings is 1. The van der Waals surface area contributed by atoms with Crippen LogP contribution in [0.25, 0.3) is 11.3 Å². The quantitative estimate of drug-likeness (QED) is 0.198. The average Bonchev–Trinajstić information content (AvgIpc) is 3.43. The number of aromatic amines is 1. The summed E-state index contributed by atoms with van der Waals surface area (Å²) in [5, 5.41) is 10.3. The van der Waals surface area contributed by atoms with E-state index in [-0.39, 0.29) is 11.4 Å². The number of rotatable bonds is 10. The molecule has 1 saturated heterocycles. The number of hydrogen-bond acceptors (Lipinski definition) is 7. The zero-order chi connectivity index (χ0) is 29.0. The summed E-state index contributed by atoms with van der Waals surface area (Å²) in [6.45, 7) is 3.17. The summed E-state index contributed by atoms with van der Waals surface area (Å²) in [4.78, 5) is 4.50. The Hall–Kier alpha value is -4.10. The molecule has 4 aromatic rings. The van der Waals surface area contributed by atoms with Gasteiger partial charge in [-0.3, -0.25) is 9.82 Å². The molecule has 216 valence electrons. The average molecular weight is 588 g/mol. The number of nitrogens with one attached hydrogen (secondary N) is 3. The SMILES string of the molecule is C[C@H](Oc1cc(-c2cc(Nc3ccc(C4CCOCC4)cn3)n[nH]2)ccc1NS(=O)(=O)C(F)F)c1ccc(F)cc1. The molecule has 13 heteroatoms. The van der Waals surface area contributed by atoms with Gasteiger partial charge in [0.15, 0.2) is 5.82 Å². The van der Waals surface area contributed by atoms with Crippen LogP contribution in [0, 0.1) is 5.82 Å². The number of nitrogens with zero attached hydrogens (tertiary/aromatic N) is 2. The molecule has 0 unspecified atom stereocenters. The molecule has 2 aromatic heterocycles. The van der Waals surface area contributed by atoms with Crippen molar-refractivity contribution in [2.45, 2.75) is 37.5 Å². The van der Waals surface area contributed by atoms with E-state index < -0.39 is 27.7 Å². The van der Waals surface area contributed by atoms with Crippen LogP contribution < -0.4 is 14.8 Å². The monoisotopic (exact) mass is 587 g/mol. The number of halogens is 3. The summed E-state index contributed by atoms with van der Waals surface area (Å²) in [6.07, 6.45) is 3.12. The van der Waals surface area contributed by atoms with Crippen molar-refractivity contribution in [2.75, 3.05) is 23.3 Å². The van der Waals surface area contributed by atoms with Gasteiger partial charge in [-0.05, 0) is 67.1 Å². The lowest BCUT2D eigenvalue weighted by molar-refractivity contribution is 0.0853. The van der Waals surface area contributed by atoms with Crippen molar-refractivity contribution in [3.8, 4) is 17.0 Å². The van der Waals surface area contributed by atoms with Crippen LogP contribution in [-0.2, 0) is 14.8 Å². The van der Waals surface area contributed by atoms with Gasteiger partial charge in [0.2, 0.25) is 0 Å². The number of benzene rings is 2. The van der Waals surface area contributed by atoms with Gasteiger partial charge in [0.25, 0.3) is 10.0 Å². The van der Waals surface area contributed by atoms with Crippen molar-refractivity contribution < 1.29 is 31.1 Å². The standard InChI is InChI=1S/C28H28F3N5O4S/c1-17(18-2-6-22(29)7-3-18)40-25-14-20(4-8-23(25)36-41(37,38)28(30)31)24-15-27(35-34-24)33-26-9-5-21(16-32-26)19-10-12-39-13-11-19/h2-9,14-17,19,28,36H,10-13H2,1H3,(H2,32,33,34,35)/t17-/m0/s1. The zero-order valence-corrected chi connectivity index (χ0v) is 22.8. The molecular weight excluding hydrogens is 559 g/mol. The van der Waals surface area contributed by atoms with Crippen LogP contribution in [0.15, 0.2) is 66.9 Å². The number of aromatic nitrogens is 3. The van der Waals surface area contributed by atoms with Crippen molar-refractivity contribution in [3.63, 3.8) is 0 Å². The summed E-state index contributed by atoms with van der Waals surface area (Å²) >= 11 is 0. The van der Waals surface area contributed by atoms with Crippen LogP contribution in [0.3, 0.4) is 0 Å². The Balaban J connectivity index is 1.36. The number of sulfonamides is 1. The van der Waals surface area contributed by atoms with Crippen molar-refractivity contribution in [2.24, 2.45) is 0 Å². The first kappa shape index (κ1) is 28.4. The van der Waals surface area contributed by atoms with Crippen molar-refractivity contribution >= 4 is 27.3 Å². The van der Waals surface area contributed by atoms with Gasteiger partial charge < -0.3 is 14.8 Å². The van der Waals surface area contributed by atoms with E-state index in [0.717, 1.165) is 31.6 Å². The molecule has 0 spiro atoms. The van der Waals surface area contributed by atoms with Crippen molar-refractivity contribution in [1.29, 1.82) is 0 Å². The minimum atomic E-state index is -4.95. The molecule has 3 heterocycles. The molecule has 1 aliphatic rings. The van der Waals surface area contributed by atoms with E-state index in [9.17, 15) is 21.6 Å². The minimum Gasteiger partial charge on any atom is -0.484 e. The topological polar surface area (TPSA) is 118 Å². The number of anilines is 3. The van der Waals surface area contributed by atoms with Gasteiger partial charge >= 0.3 is 5.76 Å². The Morgan fingerprint density at radius 3 is 2.46 bits per heavy atom. The summed E-state index contributed by atoms with van der Waals surface area (Å²) < 4.78 is 76.6. The van der Waals surface area contributed by atoms with Crippen LogP contribution in [0.5, 0.6) is 5.75 Å². The molecule has 0 amide bonds. The van der Waals surface area contributed by atoms with E-state index in [4.69, 9.17) is 9.47 Å². The smallest absolute Gasteiger partial charge is 0.355 e. The first-order valence-corrected chi connectivity index (χ1v) is 14.4. The van der Waals surface area contributed by atoms with E-state index in [0.29, 0.717) is 34.4 Å². The third kappa shape index (κ3) is 6.98. The maximum atomic E-state index is 13.4. The lowest BCUT2D eigenvalue weighted by Gasteiger charge is -2.22. The fourth-order valence-corrected chi connectivity index (χ4v) is 5.04. The molecule has 1 atom stereocenters. The van der Waals surface area contributed by atoms with E-state index in [1.165, 1.54) is 42.5 Å². The number of hydrogen-bond donors (Lipinski definition) is 3. The Morgan fingerprint density at radius 1 is 1.02 bits per heavy atom. The van der Waals surface area contributed by atoms with Gasteiger partial charge in [-0.2, -0.15) is 13.9 Å². The molecule has 0 bridgehead atoms. The number of H-pyrrole nitrogens is 1. The van der Waals surface area contributed by atoms with E-state index in [1.54, 1.807) is 13.0 Å². The van der Waals surface area contributed by atoms with E-state index in [1.807, 2.05) is 23.1 Å². The predicted octanol–water partition coefficient (Wildman–Crippen LogP) is 6.35. The van der Waals surface area contributed by atoms with Crippen molar-refractivity contribution in [1.82, 2.24) is 15.2 Å². The van der Waals surface area contributed by atoms with Gasteiger partial charge in [0.05, 0.1) is 11.4 Å². The highest BCUT2D eigenvalue weighted by atomic mass is 32.2. The van der Waals surface area contributed by atoms with Gasteiger partial charge in [-0.15, -0.1) is 0 Å². The minimum absolute atomic E-state index is 0.00183. The normalized spacial score (nSPS) is 15.0. The molecule has 0 aliphatic carbocycles. The first-order chi connectivity index (χ1) is 19.7. The molecule has 9 nitrogen and oxygen atoms in total. The maximum Gasteiger partial charge on any atom is 0.355 e. The molecule has 3 N–H and O–H groups in total. The summed E-state index contributed by atoms with van der Waals surface area (Å²) in [7, 11) is -4.95. The highest BCUT2D eigenvalue weighted by Gasteiger charge is 2.26. The summed E-state index contributed by atoms with van der Waals surface area (Å²) in [6, 6.07) is 15.6. The fraction of sp³-hybridized carbons (Fsp3) is 0.286. The second kappa shape index (κ2) is 12.2. The van der Waals surface area contributed by atoms with Gasteiger partial charge in [-0.25, -0.2) is 17.8 Å². The second-order valence-corrected chi connectivity index (χ2v) is 11.2. The predicted molar refractivity (Wildman–Crippen MR) is 148 cm³/mol. The second-order valence-electron chi connectivity index (χ2n) is 9.59. The molecule has 0 radical (unpaired) electrons. The van der Waals surface area contributed by atoms with Gasteiger partial charge in [0, 0.05) is 31.0 Å². The van der Waals surface area contributed by atoms with Crippen LogP contribution in [0.4, 0.5) is 30.5 Å². The summed E-state index contributed by atoms with van der Waals surface area (Å²) in [5.41, 5.74) is 2.69. The molecule has 1 aliphatic heterocycles. The van der Waals surface area contributed by atoms with Crippen LogP contribution in [0.1, 0.15) is 42.9 Å². The molecular formula is C28H28F3N5O4S. The van der Waals surface area contributed by atoms with Gasteiger partial charge in [-0.1, -0.05) is 24.3 Å². The Morgan fingerprint density at radius 2 is 1.78 bits per heavy atom. The van der Waals surface area contributed by atoms with Crippen LogP contribution in [0.2, 0.25) is 0 Å². The third-order valence-electron chi connectivity index (χ3n) is 6.74. The van der Waals surface area contributed by atoms with Crippen LogP contribution >= 0.6 is 0 Å². The molecule has 1 fully saturated rings. The van der Waals surface area contributed by atoms with Gasteiger partial charge in [0.1, 0.15) is 23.5 Å². The Kier molecular flexibility index (Phi) is 8.45. The third-order valence-corrected chi connectivity index (χ3v) is 7.71.